The van der Waals surface area contributed by atoms with Crippen molar-refractivity contribution >= 4 is 11.8 Å². The van der Waals surface area contributed by atoms with Gasteiger partial charge in [-0.25, -0.2) is 0 Å². The first-order chi connectivity index (χ1) is 22.1. The largest absolute Gasteiger partial charge is 0.458 e. The molecule has 0 aliphatic carbocycles. The number of cyclic esters (lactones) is 1. The number of fused-ring (bicyclic) bond motifs is 5. The maximum atomic E-state index is 14.6. The van der Waals surface area contributed by atoms with E-state index in [1.54, 1.807) is 27.9 Å². The zero-order valence-electron chi connectivity index (χ0n) is 32.7. The number of carbonyl (C=O) groups is 2. The maximum absolute atomic E-state index is 14.6. The molecule has 10 nitrogen and oxygen atoms in total. The highest BCUT2D eigenvalue weighted by molar-refractivity contribution is 6.04. The summed E-state index contributed by atoms with van der Waals surface area (Å²) in [6.45, 7) is 24.3. The van der Waals surface area contributed by atoms with Crippen LogP contribution in [0.5, 0.6) is 0 Å². The van der Waals surface area contributed by atoms with E-state index >= 15 is 0 Å². The predicted octanol–water partition coefficient (Wildman–Crippen LogP) is 5.51. The summed E-state index contributed by atoms with van der Waals surface area (Å²) in [5, 5.41) is 12.2. The lowest BCUT2D eigenvalue weighted by Crippen LogP contribution is -2.61. The average molecular weight is 684 g/mol. The standard InChI is InChI=1S/C38H69NO9/c1-16-29-38(12,42)33-26(7)25(6)21(2)18-37(11,45-20-23(4)22(3)19-44-33)32(27(8)31(40)36(9,10)35(41)47-29)48-34-30(43-15)28(39(13)14)17-24(5)46-34/h21-30,32-34,42H,16-20H2,1-15H3/t21-,22?,23?,24-,25?,26+,27+,28+,29-,30-,32-,33-,34+,37+,38-/m1/s1. The van der Waals surface area contributed by atoms with Crippen LogP contribution in [-0.2, 0) is 38.0 Å². The van der Waals surface area contributed by atoms with Crippen molar-refractivity contribution in [1.82, 2.24) is 4.90 Å². The lowest BCUT2D eigenvalue weighted by molar-refractivity contribution is -0.303. The third kappa shape index (κ3) is 8.48. The van der Waals surface area contributed by atoms with Gasteiger partial charge in [0.2, 0.25) is 0 Å². The quantitative estimate of drug-likeness (QED) is 0.294. The molecule has 280 valence electrons. The van der Waals surface area contributed by atoms with Crippen LogP contribution in [0.4, 0.5) is 0 Å². The van der Waals surface area contributed by atoms with E-state index in [0.717, 1.165) is 6.42 Å². The van der Waals surface area contributed by atoms with Gasteiger partial charge in [0.25, 0.3) is 0 Å². The zero-order valence-corrected chi connectivity index (χ0v) is 32.7. The summed E-state index contributed by atoms with van der Waals surface area (Å²) in [5.41, 5.74) is -4.00. The highest BCUT2D eigenvalue weighted by Crippen LogP contribution is 2.44. The fraction of sp³-hybridized carbons (Fsp3) is 0.947. The molecular weight excluding hydrogens is 614 g/mol. The Kier molecular flexibility index (Phi) is 13.8. The third-order valence-corrected chi connectivity index (χ3v) is 12.4. The van der Waals surface area contributed by atoms with E-state index in [1.165, 1.54) is 0 Å². The van der Waals surface area contributed by atoms with Gasteiger partial charge in [0.05, 0.1) is 30.5 Å². The normalized spacial score (nSPS) is 47.0. The van der Waals surface area contributed by atoms with E-state index in [1.807, 2.05) is 41.8 Å². The minimum absolute atomic E-state index is 0.0288. The number of esters is 1. The number of methoxy groups -OCH3 is 1. The number of likely N-dealkylation sites (N-methyl/N-ethyl adjacent to an activating group) is 1. The van der Waals surface area contributed by atoms with E-state index in [0.29, 0.717) is 26.1 Å². The molecule has 48 heavy (non-hydrogen) atoms. The van der Waals surface area contributed by atoms with Crippen molar-refractivity contribution in [3.63, 3.8) is 0 Å². The number of ketones is 1. The second kappa shape index (κ2) is 16.0. The van der Waals surface area contributed by atoms with Gasteiger partial charge < -0.3 is 38.4 Å². The van der Waals surface area contributed by atoms with Crippen LogP contribution in [0.25, 0.3) is 0 Å². The molecule has 15 atom stereocenters. The summed E-state index contributed by atoms with van der Waals surface area (Å²) in [7, 11) is 5.71. The number of ether oxygens (including phenoxy) is 6. The average Bonchev–Trinajstić information content (AvgIpc) is 3.01. The molecule has 10 heteroatoms. The topological polar surface area (TPSA) is 113 Å². The Balaban J connectivity index is 2.28. The molecule has 3 rings (SSSR count). The van der Waals surface area contributed by atoms with E-state index in [-0.39, 0.29) is 47.5 Å². The van der Waals surface area contributed by atoms with Crippen LogP contribution in [-0.4, -0.2) is 110 Å². The summed E-state index contributed by atoms with van der Waals surface area (Å²) in [5.74, 6) is -1.56. The van der Waals surface area contributed by atoms with Gasteiger partial charge in [0.15, 0.2) is 12.1 Å². The lowest BCUT2D eigenvalue weighted by Gasteiger charge is -2.50. The highest BCUT2D eigenvalue weighted by atomic mass is 16.7. The first-order valence-corrected chi connectivity index (χ1v) is 18.4. The molecule has 0 spiro atoms. The van der Waals surface area contributed by atoms with Crippen LogP contribution < -0.4 is 0 Å². The minimum atomic E-state index is -1.54. The molecule has 3 fully saturated rings. The van der Waals surface area contributed by atoms with Crippen molar-refractivity contribution in [2.45, 2.75) is 156 Å². The monoisotopic (exact) mass is 683 g/mol. The first kappa shape index (κ1) is 41.3. The van der Waals surface area contributed by atoms with Gasteiger partial charge in [-0.2, -0.15) is 0 Å². The van der Waals surface area contributed by atoms with Gasteiger partial charge in [-0.3, -0.25) is 9.59 Å². The van der Waals surface area contributed by atoms with Gasteiger partial charge in [-0.1, -0.05) is 48.5 Å². The molecule has 3 saturated heterocycles. The number of hydrogen-bond donors (Lipinski definition) is 1. The number of hydrogen-bond acceptors (Lipinski definition) is 10. The van der Waals surface area contributed by atoms with Gasteiger partial charge in [0.1, 0.15) is 23.2 Å². The van der Waals surface area contributed by atoms with E-state index in [4.69, 9.17) is 28.4 Å². The Morgan fingerprint density at radius 3 is 2.08 bits per heavy atom. The summed E-state index contributed by atoms with van der Waals surface area (Å²) in [4.78, 5) is 30.8. The van der Waals surface area contributed by atoms with E-state index in [2.05, 4.69) is 39.5 Å². The molecule has 3 unspecified atom stereocenters. The van der Waals surface area contributed by atoms with Crippen LogP contribution in [0.15, 0.2) is 0 Å². The molecule has 3 heterocycles. The Bertz CT molecular complexity index is 1080. The molecular formula is C38H69NO9. The molecule has 0 radical (unpaired) electrons. The van der Waals surface area contributed by atoms with Gasteiger partial charge in [-0.05, 0) is 97.6 Å². The van der Waals surface area contributed by atoms with E-state index in [9.17, 15) is 14.7 Å². The highest BCUT2D eigenvalue weighted by Gasteiger charge is 2.55. The van der Waals surface area contributed by atoms with Crippen molar-refractivity contribution in [1.29, 1.82) is 0 Å². The molecule has 3 aliphatic rings. The number of aliphatic hydroxyl groups is 1. The van der Waals surface area contributed by atoms with Crippen LogP contribution >= 0.6 is 0 Å². The summed E-state index contributed by atoms with van der Waals surface area (Å²) in [6, 6.07) is 0.0288. The first-order valence-electron chi connectivity index (χ1n) is 18.4. The fourth-order valence-electron chi connectivity index (χ4n) is 8.35. The Labute approximate surface area is 291 Å². The SMILES string of the molecule is CC[C@H]1OC(=O)C(C)(C)C(=O)[C@H](C)[C@@H](O[C@@H]2O[C@H](C)C[C@H](N(C)C)[C@H]2OC)[C@]2(C)C[C@@H](C)C(C)[C@H](C)[C@@H](OCC(C)C(C)CO2)[C@]1(C)O. The Hall–Kier alpha value is -1.14. The Morgan fingerprint density at radius 1 is 0.917 bits per heavy atom. The molecule has 0 amide bonds. The lowest BCUT2D eigenvalue weighted by atomic mass is 9.69. The van der Waals surface area contributed by atoms with E-state index < -0.39 is 59.2 Å². The summed E-state index contributed by atoms with van der Waals surface area (Å²) < 4.78 is 39.3. The third-order valence-electron chi connectivity index (χ3n) is 12.4. The fourth-order valence-corrected chi connectivity index (χ4v) is 8.35. The molecule has 3 aliphatic heterocycles. The smallest absolute Gasteiger partial charge is 0.319 e. The van der Waals surface area contributed by atoms with Crippen LogP contribution in [0.2, 0.25) is 0 Å². The van der Waals surface area contributed by atoms with Gasteiger partial charge in [-0.15, -0.1) is 0 Å². The number of rotatable bonds is 5. The van der Waals surface area contributed by atoms with Crippen LogP contribution in [0.1, 0.15) is 102 Å². The number of Topliss-reactive ketones (excluding diaryl/α,β-unsaturated/α-hetero) is 1. The summed E-state index contributed by atoms with van der Waals surface area (Å²) in [6.07, 6.45) is -1.89. The Morgan fingerprint density at radius 2 is 1.52 bits per heavy atom. The number of nitrogens with zero attached hydrogens (tertiary/aromatic N) is 1. The molecule has 0 saturated carbocycles. The zero-order chi connectivity index (χ0) is 36.5. The molecule has 1 N–H and O–H groups in total. The second-order valence-corrected chi connectivity index (χ2v) is 16.9. The van der Waals surface area contributed by atoms with Crippen LogP contribution in [0, 0.1) is 40.9 Å². The van der Waals surface area contributed by atoms with Gasteiger partial charge in [0, 0.05) is 25.7 Å². The van der Waals surface area contributed by atoms with Crippen molar-refractivity contribution in [3.8, 4) is 0 Å². The molecule has 0 aromatic heterocycles. The predicted molar refractivity (Wildman–Crippen MR) is 185 cm³/mol. The van der Waals surface area contributed by atoms with Gasteiger partial charge >= 0.3 is 5.97 Å². The van der Waals surface area contributed by atoms with Crippen molar-refractivity contribution in [2.75, 3.05) is 34.4 Å². The van der Waals surface area contributed by atoms with Crippen molar-refractivity contribution in [2.24, 2.45) is 40.9 Å². The minimum Gasteiger partial charge on any atom is -0.458 e. The number of carbonyl (C=O) groups excluding carboxylic acids is 2. The van der Waals surface area contributed by atoms with Crippen LogP contribution in [0.3, 0.4) is 0 Å². The maximum Gasteiger partial charge on any atom is 0.319 e. The summed E-state index contributed by atoms with van der Waals surface area (Å²) >= 11 is 0. The molecule has 2 bridgehead atoms. The molecule has 0 aromatic rings. The van der Waals surface area contributed by atoms with Crippen molar-refractivity contribution < 1.29 is 43.1 Å². The van der Waals surface area contributed by atoms with Crippen molar-refractivity contribution in [3.05, 3.63) is 0 Å². The molecule has 0 aromatic carbocycles. The second-order valence-electron chi connectivity index (χ2n) is 16.9.